The van der Waals surface area contributed by atoms with Crippen LogP contribution in [0.4, 0.5) is 4.79 Å². The Balaban J connectivity index is 4.69. The van der Waals surface area contributed by atoms with E-state index in [0.717, 1.165) is 0 Å². The Morgan fingerprint density at radius 2 is 1.55 bits per heavy atom. The Morgan fingerprint density at radius 1 is 0.931 bits per heavy atom. The topological polar surface area (TPSA) is 95.1 Å². The maximum Gasteiger partial charge on any atom is 0.407 e. The summed E-state index contributed by atoms with van der Waals surface area (Å²) in [5, 5.41) is 5.79. The highest BCUT2D eigenvalue weighted by Gasteiger charge is 2.24. The fourth-order valence-electron chi connectivity index (χ4n) is 2.19. The van der Waals surface area contributed by atoms with Crippen molar-refractivity contribution in [2.45, 2.75) is 91.6 Å². The molecule has 0 radical (unpaired) electrons. The number of hydrogen-bond acceptors (Lipinski definition) is 7. The second-order valence-electron chi connectivity index (χ2n) is 9.56. The zero-order chi connectivity index (χ0) is 22.7. The third-order valence-electron chi connectivity index (χ3n) is 3.60. The number of rotatable bonds is 12. The minimum Gasteiger partial charge on any atom is -0.465 e. The molecule has 0 heterocycles. The van der Waals surface area contributed by atoms with Gasteiger partial charge in [0.2, 0.25) is 0 Å². The summed E-state index contributed by atoms with van der Waals surface area (Å²) in [5.74, 6) is -0.343. The van der Waals surface area contributed by atoms with Gasteiger partial charge in [-0.1, -0.05) is 0 Å². The molecule has 8 nitrogen and oxygen atoms in total. The van der Waals surface area contributed by atoms with E-state index in [9.17, 15) is 9.59 Å². The predicted molar refractivity (Wildman–Crippen MR) is 113 cm³/mol. The molecule has 0 saturated carbocycles. The van der Waals surface area contributed by atoms with Gasteiger partial charge in [-0.3, -0.25) is 4.79 Å². The normalized spacial score (nSPS) is 13.7. The van der Waals surface area contributed by atoms with E-state index in [2.05, 4.69) is 10.6 Å². The van der Waals surface area contributed by atoms with Crippen LogP contribution in [0.5, 0.6) is 0 Å². The average molecular weight is 419 g/mol. The quantitative estimate of drug-likeness (QED) is 0.470. The smallest absolute Gasteiger partial charge is 0.407 e. The zero-order valence-electron chi connectivity index (χ0n) is 19.8. The summed E-state index contributed by atoms with van der Waals surface area (Å²) in [4.78, 5) is 23.7. The molecule has 2 N–H and O–H groups in total. The molecular weight excluding hydrogens is 376 g/mol. The Bertz CT molecular complexity index is 494. The SMILES string of the molecule is CCOC(=O)CNC[C@H](COC(C)(C)CCOC(C)(C)C)NC(=O)OC(C)(C)C. The summed E-state index contributed by atoms with van der Waals surface area (Å²) in [7, 11) is 0. The van der Waals surface area contributed by atoms with E-state index in [0.29, 0.717) is 26.2 Å². The van der Waals surface area contributed by atoms with E-state index >= 15 is 0 Å². The molecule has 0 rings (SSSR count). The van der Waals surface area contributed by atoms with E-state index in [-0.39, 0.29) is 30.8 Å². The van der Waals surface area contributed by atoms with Gasteiger partial charge in [-0.05, 0) is 68.7 Å². The van der Waals surface area contributed by atoms with E-state index in [1.54, 1.807) is 27.7 Å². The molecule has 1 atom stereocenters. The fourth-order valence-corrected chi connectivity index (χ4v) is 2.19. The Kier molecular flexibility index (Phi) is 11.8. The van der Waals surface area contributed by atoms with Crippen molar-refractivity contribution in [3.05, 3.63) is 0 Å². The van der Waals surface area contributed by atoms with Gasteiger partial charge in [-0.2, -0.15) is 0 Å². The van der Waals surface area contributed by atoms with Gasteiger partial charge in [0.25, 0.3) is 0 Å². The first-order valence-electron chi connectivity index (χ1n) is 10.3. The predicted octanol–water partition coefficient (Wildman–Crippen LogP) is 3.03. The molecule has 1 amide bonds. The monoisotopic (exact) mass is 418 g/mol. The molecule has 0 aliphatic rings. The van der Waals surface area contributed by atoms with Crippen molar-refractivity contribution in [1.29, 1.82) is 0 Å². The minimum atomic E-state index is -0.600. The molecule has 29 heavy (non-hydrogen) atoms. The highest BCUT2D eigenvalue weighted by molar-refractivity contribution is 5.71. The number of amides is 1. The fraction of sp³-hybridized carbons (Fsp3) is 0.905. The molecule has 0 aromatic carbocycles. The number of carbonyl (C=O) groups is 2. The first-order valence-corrected chi connectivity index (χ1v) is 10.3. The van der Waals surface area contributed by atoms with Crippen LogP contribution in [0.15, 0.2) is 0 Å². The number of ether oxygens (including phenoxy) is 4. The Hall–Kier alpha value is -1.38. The lowest BCUT2D eigenvalue weighted by Crippen LogP contribution is -2.49. The molecule has 0 bridgehead atoms. The standard InChI is InChI=1S/C21H42N2O6/c1-10-26-17(24)14-22-13-16(23-18(25)29-20(5,6)7)15-28-21(8,9)11-12-27-19(2,3)4/h16,22H,10-15H2,1-9H3,(H,23,25)/t16-/m1/s1. The molecule has 0 fully saturated rings. The molecule has 0 aliphatic heterocycles. The van der Waals surface area contributed by atoms with Gasteiger partial charge in [-0.15, -0.1) is 0 Å². The number of alkyl carbamates (subject to hydrolysis) is 1. The highest BCUT2D eigenvalue weighted by Crippen LogP contribution is 2.17. The molecular formula is C21H42N2O6. The Morgan fingerprint density at radius 3 is 2.07 bits per heavy atom. The van der Waals surface area contributed by atoms with Gasteiger partial charge < -0.3 is 29.6 Å². The third-order valence-corrected chi connectivity index (χ3v) is 3.60. The molecule has 0 aliphatic carbocycles. The van der Waals surface area contributed by atoms with Crippen LogP contribution in [0, 0.1) is 0 Å². The van der Waals surface area contributed by atoms with Crippen LogP contribution < -0.4 is 10.6 Å². The molecule has 0 unspecified atom stereocenters. The van der Waals surface area contributed by atoms with Gasteiger partial charge in [0, 0.05) is 13.2 Å². The van der Waals surface area contributed by atoms with Crippen molar-refractivity contribution < 1.29 is 28.5 Å². The van der Waals surface area contributed by atoms with E-state index in [1.807, 2.05) is 34.6 Å². The second kappa shape index (κ2) is 12.3. The maximum absolute atomic E-state index is 12.1. The summed E-state index contributed by atoms with van der Waals surface area (Å²) >= 11 is 0. The lowest BCUT2D eigenvalue weighted by molar-refractivity contribution is -0.142. The van der Waals surface area contributed by atoms with Crippen LogP contribution >= 0.6 is 0 Å². The molecule has 8 heteroatoms. The van der Waals surface area contributed by atoms with Crippen LogP contribution in [0.2, 0.25) is 0 Å². The van der Waals surface area contributed by atoms with Gasteiger partial charge in [0.05, 0.1) is 37.0 Å². The first-order chi connectivity index (χ1) is 13.1. The van der Waals surface area contributed by atoms with Crippen LogP contribution in [0.25, 0.3) is 0 Å². The summed E-state index contributed by atoms with van der Waals surface area (Å²) in [5.41, 5.74) is -1.23. The molecule has 0 spiro atoms. The Labute approximate surface area is 176 Å². The maximum atomic E-state index is 12.1. The number of nitrogens with one attached hydrogen (secondary N) is 2. The number of carbonyl (C=O) groups excluding carboxylic acids is 2. The van der Waals surface area contributed by atoms with E-state index < -0.39 is 17.3 Å². The van der Waals surface area contributed by atoms with E-state index in [1.165, 1.54) is 0 Å². The van der Waals surface area contributed by atoms with Crippen LogP contribution in [0.3, 0.4) is 0 Å². The van der Waals surface area contributed by atoms with Crippen molar-refractivity contribution >= 4 is 12.1 Å². The summed E-state index contributed by atoms with van der Waals surface area (Å²) in [6, 6.07) is -0.373. The van der Waals surface area contributed by atoms with Gasteiger partial charge in [0.15, 0.2) is 0 Å². The summed E-state index contributed by atoms with van der Waals surface area (Å²) in [6.45, 7) is 18.7. The van der Waals surface area contributed by atoms with Crippen LogP contribution in [-0.2, 0) is 23.7 Å². The van der Waals surface area contributed by atoms with Gasteiger partial charge >= 0.3 is 12.1 Å². The van der Waals surface area contributed by atoms with Crippen molar-refractivity contribution in [1.82, 2.24) is 10.6 Å². The van der Waals surface area contributed by atoms with Crippen LogP contribution in [0.1, 0.15) is 68.7 Å². The number of hydrogen-bond donors (Lipinski definition) is 2. The second-order valence-corrected chi connectivity index (χ2v) is 9.56. The molecule has 0 aromatic heterocycles. The van der Waals surface area contributed by atoms with Crippen molar-refractivity contribution in [2.75, 3.05) is 32.9 Å². The van der Waals surface area contributed by atoms with Crippen LogP contribution in [-0.4, -0.2) is 67.8 Å². The summed E-state index contributed by atoms with van der Waals surface area (Å²) < 4.78 is 22.0. The molecule has 0 aromatic rings. The molecule has 0 saturated heterocycles. The zero-order valence-corrected chi connectivity index (χ0v) is 19.8. The van der Waals surface area contributed by atoms with Crippen molar-refractivity contribution in [3.8, 4) is 0 Å². The average Bonchev–Trinajstić information content (AvgIpc) is 2.49. The van der Waals surface area contributed by atoms with Crippen molar-refractivity contribution in [3.63, 3.8) is 0 Å². The number of esters is 1. The minimum absolute atomic E-state index is 0.0587. The highest BCUT2D eigenvalue weighted by atomic mass is 16.6. The summed E-state index contributed by atoms with van der Waals surface area (Å²) in [6.07, 6.45) is 0.178. The third kappa shape index (κ3) is 17.2. The first kappa shape index (κ1) is 27.6. The largest absolute Gasteiger partial charge is 0.465 e. The molecule has 172 valence electrons. The van der Waals surface area contributed by atoms with Crippen molar-refractivity contribution in [2.24, 2.45) is 0 Å². The van der Waals surface area contributed by atoms with Gasteiger partial charge in [-0.25, -0.2) is 4.79 Å². The van der Waals surface area contributed by atoms with Gasteiger partial charge in [0.1, 0.15) is 5.60 Å². The lowest BCUT2D eigenvalue weighted by atomic mass is 10.1. The van der Waals surface area contributed by atoms with E-state index in [4.69, 9.17) is 18.9 Å². The lowest BCUT2D eigenvalue weighted by Gasteiger charge is -2.30.